The molecule has 1 aliphatic carbocycles. The van der Waals surface area contributed by atoms with E-state index < -0.39 is 17.2 Å². The number of rotatable bonds is 9. The summed E-state index contributed by atoms with van der Waals surface area (Å²) >= 11 is 0. The van der Waals surface area contributed by atoms with Gasteiger partial charge in [0.25, 0.3) is 0 Å². The van der Waals surface area contributed by atoms with Crippen molar-refractivity contribution in [1.82, 2.24) is 15.0 Å². The Hall–Kier alpha value is -4.47. The van der Waals surface area contributed by atoms with Crippen molar-refractivity contribution in [3.8, 4) is 11.3 Å². The molecule has 0 saturated carbocycles. The van der Waals surface area contributed by atoms with E-state index in [0.29, 0.717) is 58.8 Å². The summed E-state index contributed by atoms with van der Waals surface area (Å²) in [6, 6.07) is 9.84. The van der Waals surface area contributed by atoms with Gasteiger partial charge < -0.3 is 25.2 Å². The minimum absolute atomic E-state index is 0.0767. The van der Waals surface area contributed by atoms with Gasteiger partial charge in [-0.15, -0.1) is 0 Å². The molecule has 1 fully saturated rings. The first-order valence-corrected chi connectivity index (χ1v) is 13.8. The Morgan fingerprint density at radius 2 is 2.05 bits per heavy atom. The number of allylic oxidation sites excluding steroid dienone is 3. The number of anilines is 3. The average Bonchev–Trinajstić information content (AvgIpc) is 2.95. The predicted molar refractivity (Wildman–Crippen MR) is 154 cm³/mol. The zero-order chi connectivity index (χ0) is 29.0. The van der Waals surface area contributed by atoms with Crippen molar-refractivity contribution in [1.29, 1.82) is 0 Å². The van der Waals surface area contributed by atoms with Gasteiger partial charge >= 0.3 is 5.97 Å². The van der Waals surface area contributed by atoms with Crippen LogP contribution >= 0.6 is 0 Å². The van der Waals surface area contributed by atoms with Gasteiger partial charge in [0.05, 0.1) is 30.0 Å². The van der Waals surface area contributed by atoms with Crippen LogP contribution in [0.2, 0.25) is 0 Å². The number of aliphatic hydroxyl groups is 1. The van der Waals surface area contributed by atoms with Crippen LogP contribution in [0, 0.1) is 11.2 Å². The lowest BCUT2D eigenvalue weighted by Crippen LogP contribution is -2.40. The molecule has 41 heavy (non-hydrogen) atoms. The van der Waals surface area contributed by atoms with Crippen molar-refractivity contribution in [2.75, 3.05) is 23.3 Å². The summed E-state index contributed by atoms with van der Waals surface area (Å²) in [6.45, 7) is 4.71. The third-order valence-electron chi connectivity index (χ3n) is 7.26. The fourth-order valence-electron chi connectivity index (χ4n) is 4.98. The molecule has 2 aromatic heterocycles. The summed E-state index contributed by atoms with van der Waals surface area (Å²) in [5.41, 5.74) is 0.432. The second-order valence-electron chi connectivity index (χ2n) is 11.1. The molecule has 10 heteroatoms. The SMILES string of the molecule is CC(C)(Cc1ccc(F)c(-c2cccc(Nc3cncc(N4CCCC(OC5=C(O)CCC=C5)C4)n3)n2)c1)C(=O)O. The van der Waals surface area contributed by atoms with Crippen molar-refractivity contribution in [2.45, 2.75) is 52.1 Å². The first-order chi connectivity index (χ1) is 19.7. The number of hydrogen-bond acceptors (Lipinski definition) is 8. The van der Waals surface area contributed by atoms with E-state index in [9.17, 15) is 19.4 Å². The highest BCUT2D eigenvalue weighted by molar-refractivity contribution is 5.74. The van der Waals surface area contributed by atoms with Crippen LogP contribution in [0.3, 0.4) is 0 Å². The van der Waals surface area contributed by atoms with E-state index >= 15 is 0 Å². The molecule has 214 valence electrons. The first-order valence-electron chi connectivity index (χ1n) is 13.8. The molecule has 5 rings (SSSR count). The standard InChI is InChI=1S/C31H34FN5O4/c1-31(2,30(39)40)16-20-12-13-23(32)22(15-20)24-8-5-11-27(34-24)35-28-17-33-18-29(36-28)37-14-6-7-21(19-37)41-26-10-4-3-9-25(26)38/h4-5,8,10-13,15,17-18,21,38H,3,6-7,9,14,16,19H2,1-2H3,(H,39,40)(H,34,35,36). The topological polar surface area (TPSA) is 121 Å². The van der Waals surface area contributed by atoms with Gasteiger partial charge in [-0.1, -0.05) is 18.2 Å². The molecular formula is C31H34FN5O4. The zero-order valence-electron chi connectivity index (χ0n) is 23.2. The molecule has 1 aliphatic heterocycles. The molecule has 3 heterocycles. The quantitative estimate of drug-likeness (QED) is 0.282. The summed E-state index contributed by atoms with van der Waals surface area (Å²) in [5, 5.41) is 22.8. The Balaban J connectivity index is 1.30. The van der Waals surface area contributed by atoms with Crippen LogP contribution in [0.4, 0.5) is 21.8 Å². The summed E-state index contributed by atoms with van der Waals surface area (Å²) in [6.07, 6.45) is 10.5. The minimum atomic E-state index is -0.984. The highest BCUT2D eigenvalue weighted by atomic mass is 19.1. The number of aliphatic hydroxyl groups excluding tert-OH is 1. The number of piperidine rings is 1. The minimum Gasteiger partial charge on any atom is -0.508 e. The molecule has 9 nitrogen and oxygen atoms in total. The van der Waals surface area contributed by atoms with Gasteiger partial charge in [-0.2, -0.15) is 0 Å². The maximum absolute atomic E-state index is 14.8. The van der Waals surface area contributed by atoms with Gasteiger partial charge in [0.15, 0.2) is 11.6 Å². The highest BCUT2D eigenvalue weighted by Crippen LogP contribution is 2.29. The molecule has 1 aromatic carbocycles. The van der Waals surface area contributed by atoms with Gasteiger partial charge in [0, 0.05) is 18.5 Å². The number of pyridine rings is 1. The number of nitrogens with one attached hydrogen (secondary N) is 1. The Labute approximate surface area is 238 Å². The van der Waals surface area contributed by atoms with Crippen molar-refractivity contribution < 1.29 is 24.1 Å². The fourth-order valence-corrected chi connectivity index (χ4v) is 4.98. The van der Waals surface area contributed by atoms with E-state index in [0.717, 1.165) is 25.8 Å². The van der Waals surface area contributed by atoms with Gasteiger partial charge in [0.2, 0.25) is 0 Å². The van der Waals surface area contributed by atoms with Gasteiger partial charge in [-0.3, -0.25) is 9.78 Å². The predicted octanol–water partition coefficient (Wildman–Crippen LogP) is 6.18. The summed E-state index contributed by atoms with van der Waals surface area (Å²) in [7, 11) is 0. The number of hydrogen-bond donors (Lipinski definition) is 3. The lowest BCUT2D eigenvalue weighted by molar-refractivity contribution is -0.146. The molecule has 1 atom stereocenters. The highest BCUT2D eigenvalue weighted by Gasteiger charge is 2.28. The number of benzene rings is 1. The smallest absolute Gasteiger partial charge is 0.309 e. The van der Waals surface area contributed by atoms with E-state index in [2.05, 4.69) is 20.2 Å². The number of halogens is 1. The molecule has 1 saturated heterocycles. The van der Waals surface area contributed by atoms with Crippen molar-refractivity contribution >= 4 is 23.4 Å². The van der Waals surface area contributed by atoms with E-state index in [1.165, 1.54) is 6.07 Å². The van der Waals surface area contributed by atoms with Crippen LogP contribution in [-0.2, 0) is 16.0 Å². The number of carbonyl (C=O) groups is 1. The van der Waals surface area contributed by atoms with E-state index in [-0.39, 0.29) is 12.5 Å². The van der Waals surface area contributed by atoms with Crippen molar-refractivity contribution in [2.24, 2.45) is 5.41 Å². The zero-order valence-corrected chi connectivity index (χ0v) is 23.2. The van der Waals surface area contributed by atoms with E-state index in [1.54, 1.807) is 56.6 Å². The van der Waals surface area contributed by atoms with Crippen LogP contribution in [0.5, 0.6) is 0 Å². The van der Waals surface area contributed by atoms with Crippen LogP contribution in [-0.4, -0.2) is 50.3 Å². The van der Waals surface area contributed by atoms with Gasteiger partial charge in [-0.05, 0) is 75.4 Å². The number of carboxylic acid groups (broad SMARTS) is 1. The number of carboxylic acids is 1. The molecule has 1 unspecified atom stereocenters. The largest absolute Gasteiger partial charge is 0.508 e. The normalized spacial score (nSPS) is 17.4. The van der Waals surface area contributed by atoms with Crippen molar-refractivity contribution in [3.63, 3.8) is 0 Å². The summed E-state index contributed by atoms with van der Waals surface area (Å²) in [5.74, 6) is 1.13. The Morgan fingerprint density at radius 3 is 2.85 bits per heavy atom. The summed E-state index contributed by atoms with van der Waals surface area (Å²) < 4.78 is 20.9. The first kappa shape index (κ1) is 28.1. The number of ether oxygens (including phenoxy) is 1. The molecule has 2 aliphatic rings. The van der Waals surface area contributed by atoms with Crippen LogP contribution < -0.4 is 10.2 Å². The molecule has 3 aromatic rings. The molecule has 3 N–H and O–H groups in total. The number of aromatic nitrogens is 3. The van der Waals surface area contributed by atoms with Crippen LogP contribution in [0.25, 0.3) is 11.3 Å². The molecule has 0 radical (unpaired) electrons. The molecule has 0 spiro atoms. The number of nitrogens with zero attached hydrogens (tertiary/aromatic N) is 4. The lowest BCUT2D eigenvalue weighted by Gasteiger charge is -2.34. The lowest BCUT2D eigenvalue weighted by atomic mass is 9.85. The maximum Gasteiger partial charge on any atom is 0.309 e. The molecular weight excluding hydrogens is 525 g/mol. The van der Waals surface area contributed by atoms with E-state index in [1.807, 2.05) is 12.2 Å². The van der Waals surface area contributed by atoms with Crippen LogP contribution in [0.1, 0.15) is 45.1 Å². The second kappa shape index (κ2) is 12.0. The maximum atomic E-state index is 14.8. The van der Waals surface area contributed by atoms with E-state index in [4.69, 9.17) is 9.72 Å². The van der Waals surface area contributed by atoms with Crippen molar-refractivity contribution in [3.05, 3.63) is 83.8 Å². The Bertz CT molecular complexity index is 1490. The third kappa shape index (κ3) is 6.82. The fraction of sp³-hybridized carbons (Fsp3) is 0.355. The Kier molecular flexibility index (Phi) is 8.19. The monoisotopic (exact) mass is 559 g/mol. The average molecular weight is 560 g/mol. The molecule has 0 amide bonds. The second-order valence-corrected chi connectivity index (χ2v) is 11.1. The number of aliphatic carboxylic acids is 1. The Morgan fingerprint density at radius 1 is 1.20 bits per heavy atom. The van der Waals surface area contributed by atoms with Crippen LogP contribution in [0.15, 0.2) is 72.5 Å². The molecule has 0 bridgehead atoms. The van der Waals surface area contributed by atoms with Gasteiger partial charge in [0.1, 0.15) is 29.3 Å². The van der Waals surface area contributed by atoms with Gasteiger partial charge in [-0.25, -0.2) is 14.4 Å². The summed E-state index contributed by atoms with van der Waals surface area (Å²) in [4.78, 5) is 27.4. The third-order valence-corrected chi connectivity index (χ3v) is 7.26.